The van der Waals surface area contributed by atoms with E-state index in [0.29, 0.717) is 37.6 Å². The third-order valence-electron chi connectivity index (χ3n) is 4.24. The Morgan fingerprint density at radius 1 is 1.46 bits per heavy atom. The minimum absolute atomic E-state index is 0.112. The molecule has 2 rings (SSSR count). The number of rotatable bonds is 3. The van der Waals surface area contributed by atoms with Gasteiger partial charge in [-0.2, -0.15) is 0 Å². The smallest absolute Gasteiger partial charge is 0.193 e. The Kier molecular flexibility index (Phi) is 5.91. The fourth-order valence-corrected chi connectivity index (χ4v) is 4.48. The van der Waals surface area contributed by atoms with Crippen LogP contribution in [0.2, 0.25) is 0 Å². The fourth-order valence-electron chi connectivity index (χ4n) is 2.70. The number of hydrogen-bond donors (Lipinski definition) is 1. The van der Waals surface area contributed by atoms with Gasteiger partial charge in [-0.05, 0) is 44.0 Å². The van der Waals surface area contributed by atoms with E-state index in [4.69, 9.17) is 0 Å². The van der Waals surface area contributed by atoms with Crippen molar-refractivity contribution in [3.8, 4) is 0 Å². The Balaban J connectivity index is 1.97. The third-order valence-corrected chi connectivity index (χ3v) is 7.27. The summed E-state index contributed by atoms with van der Waals surface area (Å²) in [4.78, 5) is 6.17. The van der Waals surface area contributed by atoms with Gasteiger partial charge >= 0.3 is 0 Å². The van der Waals surface area contributed by atoms with E-state index in [1.807, 2.05) is 4.90 Å². The molecule has 24 heavy (non-hydrogen) atoms. The van der Waals surface area contributed by atoms with Gasteiger partial charge in [0.2, 0.25) is 0 Å². The Morgan fingerprint density at radius 2 is 2.17 bits per heavy atom. The maximum absolute atomic E-state index is 13.8. The molecule has 0 amide bonds. The first-order chi connectivity index (χ1) is 11.2. The largest absolute Gasteiger partial charge is 0.356 e. The first-order valence-corrected chi connectivity index (χ1v) is 10.2. The average molecular weight is 420 g/mol. The quantitative estimate of drug-likeness (QED) is 0.602. The van der Waals surface area contributed by atoms with E-state index in [2.05, 4.69) is 26.2 Å². The van der Waals surface area contributed by atoms with E-state index in [9.17, 15) is 12.8 Å². The van der Waals surface area contributed by atoms with Crippen molar-refractivity contribution in [2.75, 3.05) is 32.4 Å². The van der Waals surface area contributed by atoms with Crippen LogP contribution in [0.3, 0.4) is 0 Å². The van der Waals surface area contributed by atoms with Crippen molar-refractivity contribution in [2.45, 2.75) is 25.0 Å². The zero-order valence-corrected chi connectivity index (χ0v) is 16.5. The fraction of sp³-hybridized carbons (Fsp3) is 0.562. The van der Waals surface area contributed by atoms with E-state index in [0.717, 1.165) is 4.47 Å². The van der Waals surface area contributed by atoms with Crippen molar-refractivity contribution < 1.29 is 12.8 Å². The SMILES string of the molecule is CN=C(NCCc1cc(Br)ccc1F)N1CCS(=O)(=O)C(C)(C)C1. The van der Waals surface area contributed by atoms with Crippen LogP contribution in [0.25, 0.3) is 0 Å². The first-order valence-electron chi connectivity index (χ1n) is 7.78. The molecule has 0 bridgehead atoms. The molecule has 0 aromatic heterocycles. The Hall–Kier alpha value is -1.15. The van der Waals surface area contributed by atoms with E-state index < -0.39 is 14.6 Å². The number of aliphatic imine (C=N–C) groups is 1. The van der Waals surface area contributed by atoms with Gasteiger partial charge in [0.15, 0.2) is 15.8 Å². The molecular weight excluding hydrogens is 397 g/mol. The van der Waals surface area contributed by atoms with Gasteiger partial charge in [-0.15, -0.1) is 0 Å². The van der Waals surface area contributed by atoms with Crippen LogP contribution in [-0.2, 0) is 16.3 Å². The highest BCUT2D eigenvalue weighted by atomic mass is 79.9. The molecule has 1 fully saturated rings. The zero-order chi connectivity index (χ0) is 18.0. The predicted molar refractivity (Wildman–Crippen MR) is 98.6 cm³/mol. The van der Waals surface area contributed by atoms with Crippen LogP contribution in [0.5, 0.6) is 0 Å². The lowest BCUT2D eigenvalue weighted by Gasteiger charge is -2.39. The van der Waals surface area contributed by atoms with Gasteiger partial charge in [-0.1, -0.05) is 15.9 Å². The maximum Gasteiger partial charge on any atom is 0.193 e. The number of benzene rings is 1. The monoisotopic (exact) mass is 419 g/mol. The molecule has 1 aromatic rings. The molecule has 1 saturated heterocycles. The summed E-state index contributed by atoms with van der Waals surface area (Å²) in [7, 11) is -1.42. The van der Waals surface area contributed by atoms with Crippen LogP contribution in [0.4, 0.5) is 4.39 Å². The summed E-state index contributed by atoms with van der Waals surface area (Å²) in [6.07, 6.45) is 0.514. The molecular formula is C16H23BrFN3O2S. The Morgan fingerprint density at radius 3 is 2.79 bits per heavy atom. The topological polar surface area (TPSA) is 61.8 Å². The van der Waals surface area contributed by atoms with Gasteiger partial charge in [-0.3, -0.25) is 4.99 Å². The molecule has 0 unspecified atom stereocenters. The van der Waals surface area contributed by atoms with Gasteiger partial charge in [0.1, 0.15) is 5.82 Å². The maximum atomic E-state index is 13.8. The van der Waals surface area contributed by atoms with Crippen molar-refractivity contribution in [3.05, 3.63) is 34.1 Å². The molecule has 134 valence electrons. The molecule has 1 aliphatic heterocycles. The molecule has 1 aliphatic rings. The van der Waals surface area contributed by atoms with Gasteiger partial charge in [0.05, 0.1) is 10.5 Å². The molecule has 0 atom stereocenters. The van der Waals surface area contributed by atoms with E-state index in [1.165, 1.54) is 6.07 Å². The second-order valence-electron chi connectivity index (χ2n) is 6.46. The molecule has 8 heteroatoms. The van der Waals surface area contributed by atoms with Gasteiger partial charge in [0, 0.05) is 31.2 Å². The molecule has 1 N–H and O–H groups in total. The lowest BCUT2D eigenvalue weighted by atomic mass is 10.1. The molecule has 0 saturated carbocycles. The summed E-state index contributed by atoms with van der Waals surface area (Å²) in [6, 6.07) is 4.87. The highest BCUT2D eigenvalue weighted by molar-refractivity contribution is 9.10. The van der Waals surface area contributed by atoms with Crippen molar-refractivity contribution in [1.29, 1.82) is 0 Å². The molecule has 5 nitrogen and oxygen atoms in total. The van der Waals surface area contributed by atoms with Crippen LogP contribution < -0.4 is 5.32 Å². The van der Waals surface area contributed by atoms with Gasteiger partial charge in [-0.25, -0.2) is 12.8 Å². The van der Waals surface area contributed by atoms with Crippen molar-refractivity contribution in [3.63, 3.8) is 0 Å². The number of hydrogen-bond acceptors (Lipinski definition) is 3. The summed E-state index contributed by atoms with van der Waals surface area (Å²) in [6.45, 7) is 4.79. The van der Waals surface area contributed by atoms with Crippen LogP contribution in [0.15, 0.2) is 27.7 Å². The van der Waals surface area contributed by atoms with Crippen LogP contribution in [0.1, 0.15) is 19.4 Å². The third kappa shape index (κ3) is 4.27. The van der Waals surface area contributed by atoms with Crippen LogP contribution in [-0.4, -0.2) is 56.5 Å². The Labute approximate surface area is 151 Å². The number of nitrogens with one attached hydrogen (secondary N) is 1. The molecule has 0 radical (unpaired) electrons. The van der Waals surface area contributed by atoms with Gasteiger partial charge in [0.25, 0.3) is 0 Å². The van der Waals surface area contributed by atoms with Crippen LogP contribution >= 0.6 is 15.9 Å². The summed E-state index contributed by atoms with van der Waals surface area (Å²) >= 11 is 3.34. The summed E-state index contributed by atoms with van der Waals surface area (Å²) < 4.78 is 38.0. The summed E-state index contributed by atoms with van der Waals surface area (Å²) in [5, 5.41) is 3.20. The molecule has 0 aliphatic carbocycles. The lowest BCUT2D eigenvalue weighted by Crippen LogP contribution is -2.57. The number of sulfone groups is 1. The van der Waals surface area contributed by atoms with E-state index >= 15 is 0 Å². The van der Waals surface area contributed by atoms with E-state index in [-0.39, 0.29) is 11.6 Å². The number of guanidine groups is 1. The second kappa shape index (κ2) is 7.39. The van der Waals surface area contributed by atoms with Gasteiger partial charge < -0.3 is 10.2 Å². The standard InChI is InChI=1S/C16H23BrFN3O2S/c1-16(2)11-21(8-9-24(16,22)23)15(19-3)20-7-6-12-10-13(17)4-5-14(12)18/h4-5,10H,6-9,11H2,1-3H3,(H,19,20). The highest BCUT2D eigenvalue weighted by Crippen LogP contribution is 2.23. The van der Waals surface area contributed by atoms with E-state index in [1.54, 1.807) is 33.0 Å². The minimum atomic E-state index is -3.09. The van der Waals surface area contributed by atoms with Crippen molar-refractivity contribution in [1.82, 2.24) is 10.2 Å². The number of halogens is 2. The predicted octanol–water partition coefficient (Wildman–Crippen LogP) is 2.22. The lowest BCUT2D eigenvalue weighted by molar-refractivity contribution is 0.353. The van der Waals surface area contributed by atoms with Crippen molar-refractivity contribution in [2.24, 2.45) is 4.99 Å². The first kappa shape index (κ1) is 19.2. The summed E-state index contributed by atoms with van der Waals surface area (Å²) in [5.41, 5.74) is 0.619. The van der Waals surface area contributed by atoms with Crippen LogP contribution in [0, 0.1) is 5.82 Å². The average Bonchev–Trinajstić information content (AvgIpc) is 2.50. The summed E-state index contributed by atoms with van der Waals surface area (Å²) in [5.74, 6) is 0.523. The van der Waals surface area contributed by atoms with Crippen molar-refractivity contribution >= 4 is 31.7 Å². The molecule has 1 aromatic carbocycles. The zero-order valence-electron chi connectivity index (χ0n) is 14.1. The highest BCUT2D eigenvalue weighted by Gasteiger charge is 2.40. The normalized spacial score (nSPS) is 20.0. The molecule has 1 heterocycles. The Bertz CT molecular complexity index is 735. The second-order valence-corrected chi connectivity index (χ2v) is 10.1. The molecule has 0 spiro atoms. The minimum Gasteiger partial charge on any atom is -0.356 e. The number of nitrogens with zero attached hydrogens (tertiary/aromatic N) is 2.